The van der Waals surface area contributed by atoms with Gasteiger partial charge in [-0.3, -0.25) is 0 Å². The van der Waals surface area contributed by atoms with Crippen LogP contribution < -0.4 is 0 Å². The molecule has 4 heteroatoms. The lowest BCUT2D eigenvalue weighted by Gasteiger charge is -2.03. The Morgan fingerprint density at radius 1 is 1.15 bits per heavy atom. The highest BCUT2D eigenvalue weighted by Gasteiger charge is 2.10. The van der Waals surface area contributed by atoms with Crippen LogP contribution in [-0.4, -0.2) is 9.38 Å². The fraction of sp³-hybridized carbons (Fsp3) is 0.188. The van der Waals surface area contributed by atoms with E-state index in [4.69, 9.17) is 11.6 Å². The Morgan fingerprint density at radius 3 is 2.65 bits per heavy atom. The second kappa shape index (κ2) is 5.58. The van der Waals surface area contributed by atoms with Crippen molar-refractivity contribution in [2.75, 3.05) is 0 Å². The van der Waals surface area contributed by atoms with Gasteiger partial charge >= 0.3 is 0 Å². The standard InChI is InChI=1S/C16H14BrClN2/c1-11-3-2-10-20-14(19-16(17)15(11)20)9-6-12-4-7-13(18)8-5-12/h2-5,7-8,10H,6,9H2,1H3. The number of hydrogen-bond donors (Lipinski definition) is 0. The van der Waals surface area contributed by atoms with Gasteiger partial charge in [0.2, 0.25) is 0 Å². The lowest BCUT2D eigenvalue weighted by molar-refractivity contribution is 0.851. The molecule has 20 heavy (non-hydrogen) atoms. The van der Waals surface area contributed by atoms with Gasteiger partial charge in [0.15, 0.2) is 0 Å². The Hall–Kier alpha value is -1.32. The van der Waals surface area contributed by atoms with E-state index in [0.29, 0.717) is 0 Å². The number of hydrogen-bond acceptors (Lipinski definition) is 1. The Morgan fingerprint density at radius 2 is 1.90 bits per heavy atom. The predicted molar refractivity (Wildman–Crippen MR) is 86.5 cm³/mol. The van der Waals surface area contributed by atoms with E-state index in [1.54, 1.807) is 0 Å². The molecule has 0 saturated heterocycles. The van der Waals surface area contributed by atoms with Crippen LogP contribution in [0.5, 0.6) is 0 Å². The monoisotopic (exact) mass is 348 g/mol. The lowest BCUT2D eigenvalue weighted by atomic mass is 10.1. The Kier molecular flexibility index (Phi) is 3.81. The summed E-state index contributed by atoms with van der Waals surface area (Å²) in [6, 6.07) is 12.2. The molecule has 3 aromatic rings. The number of fused-ring (bicyclic) bond motifs is 1. The van der Waals surface area contributed by atoms with E-state index in [1.165, 1.54) is 11.1 Å². The molecule has 2 nitrogen and oxygen atoms in total. The van der Waals surface area contributed by atoms with Crippen LogP contribution in [0.15, 0.2) is 47.2 Å². The zero-order valence-corrected chi connectivity index (χ0v) is 13.4. The van der Waals surface area contributed by atoms with Crippen LogP contribution in [0.2, 0.25) is 5.02 Å². The zero-order valence-electron chi connectivity index (χ0n) is 11.1. The number of aromatic nitrogens is 2. The Labute approximate surface area is 131 Å². The van der Waals surface area contributed by atoms with E-state index in [9.17, 15) is 0 Å². The molecule has 0 fully saturated rings. The summed E-state index contributed by atoms with van der Waals surface area (Å²) in [5.74, 6) is 1.07. The lowest BCUT2D eigenvalue weighted by Crippen LogP contribution is -1.98. The number of halogens is 2. The molecule has 0 saturated carbocycles. The molecule has 2 heterocycles. The third kappa shape index (κ3) is 2.60. The number of pyridine rings is 1. The molecule has 2 aromatic heterocycles. The maximum absolute atomic E-state index is 5.91. The van der Waals surface area contributed by atoms with Gasteiger partial charge in [-0.1, -0.05) is 29.8 Å². The van der Waals surface area contributed by atoms with Gasteiger partial charge in [0.05, 0.1) is 5.52 Å². The summed E-state index contributed by atoms with van der Waals surface area (Å²) in [7, 11) is 0. The van der Waals surface area contributed by atoms with Crippen molar-refractivity contribution in [2.45, 2.75) is 19.8 Å². The minimum atomic E-state index is 0.776. The summed E-state index contributed by atoms with van der Waals surface area (Å²) in [5, 5.41) is 0.776. The van der Waals surface area contributed by atoms with Gasteiger partial charge in [0.1, 0.15) is 10.4 Å². The Bertz CT molecular complexity index is 747. The van der Waals surface area contributed by atoms with E-state index < -0.39 is 0 Å². The third-order valence-corrected chi connectivity index (χ3v) is 4.25. The average Bonchev–Trinajstić information content (AvgIpc) is 2.76. The molecule has 0 unspecified atom stereocenters. The summed E-state index contributed by atoms with van der Waals surface area (Å²) in [6.45, 7) is 2.10. The zero-order chi connectivity index (χ0) is 14.1. The summed E-state index contributed by atoms with van der Waals surface area (Å²) >= 11 is 9.46. The molecule has 0 aliphatic rings. The average molecular weight is 350 g/mol. The van der Waals surface area contributed by atoms with E-state index in [-0.39, 0.29) is 0 Å². The largest absolute Gasteiger partial charge is 0.302 e. The van der Waals surface area contributed by atoms with Crippen LogP contribution in [0.3, 0.4) is 0 Å². The molecule has 0 aliphatic carbocycles. The second-order valence-electron chi connectivity index (χ2n) is 4.86. The normalized spacial score (nSPS) is 11.2. The first-order valence-corrected chi connectivity index (χ1v) is 7.69. The van der Waals surface area contributed by atoms with Crippen LogP contribution in [0, 0.1) is 6.92 Å². The molecular weight excluding hydrogens is 336 g/mol. The van der Waals surface area contributed by atoms with E-state index in [2.05, 4.69) is 62.7 Å². The van der Waals surface area contributed by atoms with Crippen LogP contribution in [-0.2, 0) is 12.8 Å². The van der Waals surface area contributed by atoms with Crippen molar-refractivity contribution < 1.29 is 0 Å². The van der Waals surface area contributed by atoms with Crippen LogP contribution in [0.1, 0.15) is 17.0 Å². The van der Waals surface area contributed by atoms with Crippen molar-refractivity contribution in [3.05, 3.63) is 69.2 Å². The van der Waals surface area contributed by atoms with Gasteiger partial charge in [0, 0.05) is 17.6 Å². The van der Waals surface area contributed by atoms with E-state index in [1.807, 2.05) is 12.1 Å². The molecule has 0 N–H and O–H groups in total. The third-order valence-electron chi connectivity index (χ3n) is 3.45. The topological polar surface area (TPSA) is 17.3 Å². The number of rotatable bonds is 3. The molecule has 102 valence electrons. The van der Waals surface area contributed by atoms with Gasteiger partial charge in [0.25, 0.3) is 0 Å². The first-order valence-electron chi connectivity index (χ1n) is 6.51. The van der Waals surface area contributed by atoms with Crippen molar-refractivity contribution in [1.82, 2.24) is 9.38 Å². The first kappa shape index (κ1) is 13.7. The maximum atomic E-state index is 5.91. The van der Waals surface area contributed by atoms with Crippen molar-refractivity contribution in [2.24, 2.45) is 0 Å². The van der Waals surface area contributed by atoms with Gasteiger partial charge in [-0.25, -0.2) is 4.98 Å². The van der Waals surface area contributed by atoms with Crippen molar-refractivity contribution >= 4 is 33.0 Å². The van der Waals surface area contributed by atoms with Crippen LogP contribution in [0.4, 0.5) is 0 Å². The molecule has 3 rings (SSSR count). The van der Waals surface area contributed by atoms with Gasteiger partial charge in [-0.15, -0.1) is 0 Å². The molecule has 0 amide bonds. The van der Waals surface area contributed by atoms with Crippen LogP contribution >= 0.6 is 27.5 Å². The molecule has 0 bridgehead atoms. The van der Waals surface area contributed by atoms with Crippen molar-refractivity contribution in [1.29, 1.82) is 0 Å². The fourth-order valence-corrected chi connectivity index (χ4v) is 3.23. The quantitative estimate of drug-likeness (QED) is 0.661. The summed E-state index contributed by atoms with van der Waals surface area (Å²) in [6.07, 6.45) is 3.92. The SMILES string of the molecule is Cc1cccn2c(CCc3ccc(Cl)cc3)nc(Br)c12. The van der Waals surface area contributed by atoms with Gasteiger partial charge < -0.3 is 4.40 Å². The van der Waals surface area contributed by atoms with Crippen molar-refractivity contribution in [3.8, 4) is 0 Å². The number of aryl methyl sites for hydroxylation is 3. The van der Waals surface area contributed by atoms with E-state index >= 15 is 0 Å². The second-order valence-corrected chi connectivity index (χ2v) is 6.04. The minimum absolute atomic E-state index is 0.776. The molecular formula is C16H14BrClN2. The molecule has 0 aliphatic heterocycles. The summed E-state index contributed by atoms with van der Waals surface area (Å²) in [4.78, 5) is 4.64. The molecule has 0 radical (unpaired) electrons. The highest BCUT2D eigenvalue weighted by molar-refractivity contribution is 9.10. The Balaban J connectivity index is 1.88. The number of imidazole rings is 1. The van der Waals surface area contributed by atoms with Gasteiger partial charge in [-0.2, -0.15) is 0 Å². The maximum Gasteiger partial charge on any atom is 0.132 e. The molecule has 0 spiro atoms. The van der Waals surface area contributed by atoms with Crippen LogP contribution in [0.25, 0.3) is 5.52 Å². The first-order chi connectivity index (χ1) is 9.65. The molecule has 0 atom stereocenters. The predicted octanol–water partition coefficient (Wildman–Crippen LogP) is 4.84. The fourth-order valence-electron chi connectivity index (χ4n) is 2.40. The number of benzene rings is 1. The molecule has 1 aromatic carbocycles. The van der Waals surface area contributed by atoms with Gasteiger partial charge in [-0.05, 0) is 58.6 Å². The smallest absolute Gasteiger partial charge is 0.132 e. The minimum Gasteiger partial charge on any atom is -0.302 e. The van der Waals surface area contributed by atoms with E-state index in [0.717, 1.165) is 33.8 Å². The summed E-state index contributed by atoms with van der Waals surface area (Å²) < 4.78 is 3.08. The van der Waals surface area contributed by atoms with Crippen molar-refractivity contribution in [3.63, 3.8) is 0 Å². The highest BCUT2D eigenvalue weighted by Crippen LogP contribution is 2.23. The summed E-state index contributed by atoms with van der Waals surface area (Å²) in [5.41, 5.74) is 3.65. The highest BCUT2D eigenvalue weighted by atomic mass is 79.9. The number of nitrogens with zero attached hydrogens (tertiary/aromatic N) is 2.